The number of methoxy groups -OCH3 is 1. The van der Waals surface area contributed by atoms with E-state index in [1.807, 2.05) is 79.9 Å². The Labute approximate surface area is 206 Å². The van der Waals surface area contributed by atoms with Gasteiger partial charge in [-0.25, -0.2) is 0 Å². The number of allylic oxidation sites excluding steroid dienone is 1. The monoisotopic (exact) mass is 461 g/mol. The van der Waals surface area contributed by atoms with Crippen molar-refractivity contribution in [1.29, 1.82) is 0 Å². The van der Waals surface area contributed by atoms with Crippen LogP contribution in [0.5, 0.6) is 17.2 Å². The fourth-order valence-electron chi connectivity index (χ4n) is 4.39. The van der Waals surface area contributed by atoms with Gasteiger partial charge in [-0.1, -0.05) is 60.7 Å². The molecule has 5 rings (SSSR count). The van der Waals surface area contributed by atoms with E-state index >= 15 is 0 Å². The number of nitrogens with zero attached hydrogens (tertiary/aromatic N) is 1. The number of hydrogen-bond donors (Lipinski definition) is 0. The molecule has 0 bridgehead atoms. The molecule has 0 spiro atoms. The van der Waals surface area contributed by atoms with Crippen LogP contribution in [-0.4, -0.2) is 19.9 Å². The number of fused-ring (bicyclic) bond motifs is 1. The number of ether oxygens (including phenoxy) is 3. The van der Waals surface area contributed by atoms with Gasteiger partial charge in [-0.05, 0) is 55.0 Å². The highest BCUT2D eigenvalue weighted by Gasteiger charge is 2.30. The summed E-state index contributed by atoms with van der Waals surface area (Å²) in [6.45, 7) is 2.60. The minimum atomic E-state index is -0.0406. The quantitative estimate of drug-likeness (QED) is 0.269. The maximum Gasteiger partial charge on any atom is 0.144 e. The number of benzene rings is 4. The van der Waals surface area contributed by atoms with Crippen LogP contribution in [0, 0.1) is 0 Å². The predicted octanol–water partition coefficient (Wildman–Crippen LogP) is 7.43. The van der Waals surface area contributed by atoms with Crippen LogP contribution in [-0.2, 0) is 0 Å². The van der Waals surface area contributed by atoms with Crippen molar-refractivity contribution in [2.24, 2.45) is 4.99 Å². The van der Waals surface area contributed by atoms with Crippen LogP contribution >= 0.6 is 0 Å². The third-order valence-electron chi connectivity index (χ3n) is 6.00. The number of hydrogen-bond acceptors (Lipinski definition) is 4. The van der Waals surface area contributed by atoms with Crippen LogP contribution in [0.2, 0.25) is 0 Å². The van der Waals surface area contributed by atoms with E-state index in [0.29, 0.717) is 6.61 Å². The molecular formula is C31H27NO3. The van der Waals surface area contributed by atoms with Gasteiger partial charge >= 0.3 is 0 Å². The fraction of sp³-hybridized carbons (Fsp3) is 0.129. The van der Waals surface area contributed by atoms with Crippen molar-refractivity contribution in [3.63, 3.8) is 0 Å². The summed E-state index contributed by atoms with van der Waals surface area (Å²) in [5.41, 5.74) is 4.98. The molecule has 4 aromatic rings. The van der Waals surface area contributed by atoms with Crippen LogP contribution in [0.4, 0.5) is 5.69 Å². The molecule has 4 aromatic carbocycles. The Balaban J connectivity index is 1.70. The average molecular weight is 462 g/mol. The van der Waals surface area contributed by atoms with Crippen LogP contribution < -0.4 is 14.2 Å². The zero-order valence-electron chi connectivity index (χ0n) is 19.8. The van der Waals surface area contributed by atoms with Crippen LogP contribution in [0.25, 0.3) is 5.76 Å². The van der Waals surface area contributed by atoms with Crippen LogP contribution in [0.15, 0.2) is 114 Å². The van der Waals surface area contributed by atoms with Gasteiger partial charge in [0, 0.05) is 28.8 Å². The van der Waals surface area contributed by atoms with Gasteiger partial charge in [-0.15, -0.1) is 0 Å². The second kappa shape index (κ2) is 10.3. The van der Waals surface area contributed by atoms with Gasteiger partial charge in [0.1, 0.15) is 28.7 Å². The fourth-order valence-corrected chi connectivity index (χ4v) is 4.39. The lowest BCUT2D eigenvalue weighted by Gasteiger charge is -2.30. The summed E-state index contributed by atoms with van der Waals surface area (Å²) in [4.78, 5) is 4.86. The molecule has 0 fully saturated rings. The zero-order chi connectivity index (χ0) is 24.0. The zero-order valence-corrected chi connectivity index (χ0v) is 19.8. The highest BCUT2D eigenvalue weighted by atomic mass is 16.5. The summed E-state index contributed by atoms with van der Waals surface area (Å²) < 4.78 is 17.7. The number of rotatable bonds is 7. The van der Waals surface area contributed by atoms with E-state index < -0.39 is 0 Å². The molecule has 0 N–H and O–H groups in total. The third kappa shape index (κ3) is 4.69. The van der Waals surface area contributed by atoms with E-state index in [1.165, 1.54) is 5.56 Å². The lowest BCUT2D eigenvalue weighted by Crippen LogP contribution is -2.17. The van der Waals surface area contributed by atoms with E-state index in [-0.39, 0.29) is 5.92 Å². The van der Waals surface area contributed by atoms with Crippen molar-refractivity contribution in [3.05, 3.63) is 125 Å². The molecule has 0 radical (unpaired) electrons. The van der Waals surface area contributed by atoms with Gasteiger partial charge in [0.05, 0.1) is 13.7 Å². The smallest absolute Gasteiger partial charge is 0.144 e. The van der Waals surface area contributed by atoms with Crippen molar-refractivity contribution < 1.29 is 14.2 Å². The van der Waals surface area contributed by atoms with Gasteiger partial charge in [0.2, 0.25) is 0 Å². The largest absolute Gasteiger partial charge is 0.494 e. The molecule has 1 aliphatic heterocycles. The Kier molecular flexibility index (Phi) is 6.62. The van der Waals surface area contributed by atoms with Gasteiger partial charge < -0.3 is 14.2 Å². The Bertz CT molecular complexity index is 1360. The van der Waals surface area contributed by atoms with Gasteiger partial charge in [0.15, 0.2) is 0 Å². The first-order chi connectivity index (χ1) is 17.3. The molecule has 1 unspecified atom stereocenters. The molecule has 4 nitrogen and oxygen atoms in total. The molecule has 1 aliphatic rings. The van der Waals surface area contributed by atoms with Crippen molar-refractivity contribution in [1.82, 2.24) is 0 Å². The van der Waals surface area contributed by atoms with Crippen molar-refractivity contribution in [2.75, 3.05) is 13.7 Å². The third-order valence-corrected chi connectivity index (χ3v) is 6.00. The second-order valence-electron chi connectivity index (χ2n) is 8.16. The summed E-state index contributed by atoms with van der Waals surface area (Å²) >= 11 is 0. The predicted molar refractivity (Wildman–Crippen MR) is 141 cm³/mol. The topological polar surface area (TPSA) is 40.0 Å². The second-order valence-corrected chi connectivity index (χ2v) is 8.16. The molecule has 1 heterocycles. The van der Waals surface area contributed by atoms with Crippen molar-refractivity contribution in [3.8, 4) is 17.2 Å². The molecule has 0 aliphatic carbocycles. The Morgan fingerprint density at radius 2 is 1.54 bits per heavy atom. The minimum absolute atomic E-state index is 0.0406. The maximum absolute atomic E-state index is 6.54. The highest BCUT2D eigenvalue weighted by molar-refractivity contribution is 5.95. The minimum Gasteiger partial charge on any atom is -0.494 e. The summed E-state index contributed by atoms with van der Waals surface area (Å²) in [6.07, 6.45) is 1.91. The molecule has 35 heavy (non-hydrogen) atoms. The van der Waals surface area contributed by atoms with E-state index in [1.54, 1.807) is 7.11 Å². The molecule has 0 saturated heterocycles. The first kappa shape index (κ1) is 22.5. The lowest BCUT2D eigenvalue weighted by atomic mass is 9.81. The van der Waals surface area contributed by atoms with E-state index in [9.17, 15) is 0 Å². The van der Waals surface area contributed by atoms with Crippen LogP contribution in [0.3, 0.4) is 0 Å². The Hall–Kier alpha value is -4.31. The molecule has 0 aromatic heterocycles. The molecule has 4 heteroatoms. The number of para-hydroxylation sites is 3. The average Bonchev–Trinajstić information content (AvgIpc) is 2.92. The lowest BCUT2D eigenvalue weighted by molar-refractivity contribution is 0.340. The van der Waals surface area contributed by atoms with Crippen molar-refractivity contribution in [2.45, 2.75) is 12.8 Å². The standard InChI is InChI=1S/C31H27NO3/c1-3-34-24-19-17-23(18-20-24)31-26(21-32-27-14-8-10-16-29(27)33-2)30(22-11-5-4-6-12-22)25-13-7-9-15-28(25)35-31/h4-21,30H,3H2,1-2H3. The Morgan fingerprint density at radius 3 is 2.31 bits per heavy atom. The summed E-state index contributed by atoms with van der Waals surface area (Å²) in [5, 5.41) is 0. The van der Waals surface area contributed by atoms with Gasteiger partial charge in [-0.2, -0.15) is 0 Å². The summed E-state index contributed by atoms with van der Waals surface area (Å²) in [7, 11) is 1.66. The molecule has 0 saturated carbocycles. The Morgan fingerprint density at radius 1 is 0.829 bits per heavy atom. The summed E-state index contributed by atoms with van der Waals surface area (Å²) in [6, 6.07) is 34.5. The van der Waals surface area contributed by atoms with Gasteiger partial charge in [0.25, 0.3) is 0 Å². The SMILES string of the molecule is CCOc1ccc(C2=C(C=Nc3ccccc3OC)C(c3ccccc3)c3ccccc3O2)cc1. The van der Waals surface area contributed by atoms with E-state index in [4.69, 9.17) is 19.2 Å². The molecule has 174 valence electrons. The first-order valence-corrected chi connectivity index (χ1v) is 11.7. The molecular weight excluding hydrogens is 434 g/mol. The van der Waals surface area contributed by atoms with Gasteiger partial charge in [-0.3, -0.25) is 4.99 Å². The normalized spacial score (nSPS) is 15.0. The molecule has 1 atom stereocenters. The van der Waals surface area contributed by atoms with Crippen molar-refractivity contribution >= 4 is 17.7 Å². The summed E-state index contributed by atoms with van der Waals surface area (Å²) in [5.74, 6) is 3.14. The van der Waals surface area contributed by atoms with E-state index in [2.05, 4.69) is 36.4 Å². The highest BCUT2D eigenvalue weighted by Crippen LogP contribution is 2.45. The number of aliphatic imine (C=N–C) groups is 1. The van der Waals surface area contributed by atoms with Crippen LogP contribution in [0.1, 0.15) is 29.5 Å². The first-order valence-electron chi connectivity index (χ1n) is 11.7. The maximum atomic E-state index is 6.54. The molecule has 0 amide bonds. The van der Waals surface area contributed by atoms with E-state index in [0.717, 1.165) is 45.4 Å².